The van der Waals surface area contributed by atoms with Crippen LogP contribution in [0.5, 0.6) is 0 Å². The van der Waals surface area contributed by atoms with Crippen LogP contribution < -0.4 is 0 Å². The van der Waals surface area contributed by atoms with Crippen molar-refractivity contribution in [3.63, 3.8) is 0 Å². The minimum atomic E-state index is -0.154. The predicted octanol–water partition coefficient (Wildman–Crippen LogP) is 5.42. The minimum Gasteiger partial charge on any atom is -0.395 e. The third kappa shape index (κ3) is 2.64. The van der Waals surface area contributed by atoms with Crippen LogP contribution in [0.25, 0.3) is 11.1 Å². The molecule has 1 aliphatic carbocycles. The standard InChI is InChI=1S/C22H19ClO/c23-20-12-10-19(11-13-20)22(15-24)14-21(22)18-8-6-17(7-9-18)16-4-2-1-3-5-16/h1-13,21,24H,14-15H2. The molecule has 3 aromatic rings. The zero-order chi connectivity index (χ0) is 16.6. The highest BCUT2D eigenvalue weighted by Gasteiger charge is 2.55. The van der Waals surface area contributed by atoms with Crippen molar-refractivity contribution >= 4 is 11.6 Å². The number of halogens is 1. The van der Waals surface area contributed by atoms with Crippen molar-refractivity contribution in [3.8, 4) is 11.1 Å². The molecule has 24 heavy (non-hydrogen) atoms. The fourth-order valence-corrected chi connectivity index (χ4v) is 3.77. The molecule has 0 saturated heterocycles. The third-order valence-electron chi connectivity index (χ3n) is 5.20. The molecule has 0 radical (unpaired) electrons. The molecular formula is C22H19ClO. The number of rotatable bonds is 4. The molecule has 4 rings (SSSR count). The molecule has 3 aromatic carbocycles. The van der Waals surface area contributed by atoms with Crippen LogP contribution >= 0.6 is 11.6 Å². The van der Waals surface area contributed by atoms with Crippen LogP contribution in [0.3, 0.4) is 0 Å². The second-order valence-electron chi connectivity index (χ2n) is 6.57. The van der Waals surface area contributed by atoms with Gasteiger partial charge in [-0.25, -0.2) is 0 Å². The Morgan fingerprint density at radius 2 is 1.46 bits per heavy atom. The largest absolute Gasteiger partial charge is 0.395 e. The van der Waals surface area contributed by atoms with E-state index >= 15 is 0 Å². The lowest BCUT2D eigenvalue weighted by Gasteiger charge is -2.15. The molecule has 0 spiro atoms. The number of aliphatic hydroxyl groups is 1. The van der Waals surface area contributed by atoms with Gasteiger partial charge < -0.3 is 5.11 Å². The van der Waals surface area contributed by atoms with E-state index in [4.69, 9.17) is 11.6 Å². The highest BCUT2D eigenvalue weighted by Crippen LogP contribution is 2.60. The first-order chi connectivity index (χ1) is 11.7. The summed E-state index contributed by atoms with van der Waals surface area (Å²) in [5, 5.41) is 10.7. The second kappa shape index (κ2) is 6.08. The SMILES string of the molecule is OCC1(c2ccc(Cl)cc2)CC1c1ccc(-c2ccccc2)cc1. The van der Waals surface area contributed by atoms with Crippen molar-refractivity contribution in [1.82, 2.24) is 0 Å². The van der Waals surface area contributed by atoms with Gasteiger partial charge in [0, 0.05) is 10.4 Å². The number of hydrogen-bond acceptors (Lipinski definition) is 1. The first-order valence-corrected chi connectivity index (χ1v) is 8.63. The van der Waals surface area contributed by atoms with Gasteiger partial charge in [-0.05, 0) is 46.7 Å². The molecule has 0 aliphatic heterocycles. The molecule has 2 unspecified atom stereocenters. The zero-order valence-corrected chi connectivity index (χ0v) is 14.1. The lowest BCUT2D eigenvalue weighted by Crippen LogP contribution is -2.14. The van der Waals surface area contributed by atoms with Gasteiger partial charge in [0.15, 0.2) is 0 Å². The molecule has 0 heterocycles. The number of aliphatic hydroxyl groups excluding tert-OH is 1. The molecular weight excluding hydrogens is 316 g/mol. The summed E-state index contributed by atoms with van der Waals surface area (Å²) in [5.74, 6) is 0.369. The van der Waals surface area contributed by atoms with Crippen molar-refractivity contribution in [2.24, 2.45) is 0 Å². The first-order valence-electron chi connectivity index (χ1n) is 8.25. The molecule has 1 nitrogen and oxygen atoms in total. The average molecular weight is 335 g/mol. The summed E-state index contributed by atoms with van der Waals surface area (Å²) in [6.45, 7) is 0.166. The van der Waals surface area contributed by atoms with E-state index < -0.39 is 0 Å². The van der Waals surface area contributed by atoms with Crippen LogP contribution in [-0.2, 0) is 5.41 Å². The van der Waals surface area contributed by atoms with E-state index in [1.807, 2.05) is 30.3 Å². The van der Waals surface area contributed by atoms with Crippen LogP contribution in [-0.4, -0.2) is 11.7 Å². The molecule has 1 fully saturated rings. The highest BCUT2D eigenvalue weighted by atomic mass is 35.5. The van der Waals surface area contributed by atoms with Crippen molar-refractivity contribution in [2.45, 2.75) is 17.8 Å². The van der Waals surface area contributed by atoms with Gasteiger partial charge in [-0.15, -0.1) is 0 Å². The Kier molecular flexibility index (Phi) is 3.91. The fraction of sp³-hybridized carbons (Fsp3) is 0.182. The van der Waals surface area contributed by atoms with Crippen molar-refractivity contribution in [3.05, 3.63) is 95.0 Å². The molecule has 120 valence electrons. The zero-order valence-electron chi connectivity index (χ0n) is 13.3. The van der Waals surface area contributed by atoms with Gasteiger partial charge in [0.2, 0.25) is 0 Å². The minimum absolute atomic E-state index is 0.154. The van der Waals surface area contributed by atoms with E-state index in [2.05, 4.69) is 48.5 Å². The topological polar surface area (TPSA) is 20.2 Å². The van der Waals surface area contributed by atoms with Gasteiger partial charge >= 0.3 is 0 Å². The van der Waals surface area contributed by atoms with Crippen LogP contribution in [0.2, 0.25) is 5.02 Å². The normalized spacial score (nSPS) is 22.3. The van der Waals surface area contributed by atoms with Crippen LogP contribution in [0.1, 0.15) is 23.5 Å². The van der Waals surface area contributed by atoms with Gasteiger partial charge in [-0.2, -0.15) is 0 Å². The van der Waals surface area contributed by atoms with Gasteiger partial charge in [0.05, 0.1) is 6.61 Å². The van der Waals surface area contributed by atoms with Crippen molar-refractivity contribution in [2.75, 3.05) is 6.61 Å². The molecule has 0 bridgehead atoms. The van der Waals surface area contributed by atoms with Gasteiger partial charge in [0.1, 0.15) is 0 Å². The van der Waals surface area contributed by atoms with Gasteiger partial charge in [-0.3, -0.25) is 0 Å². The lowest BCUT2D eigenvalue weighted by atomic mass is 9.91. The summed E-state index contributed by atoms with van der Waals surface area (Å²) < 4.78 is 0. The van der Waals surface area contributed by atoms with E-state index in [1.54, 1.807) is 0 Å². The van der Waals surface area contributed by atoms with Crippen molar-refractivity contribution in [1.29, 1.82) is 0 Å². The maximum atomic E-state index is 10.0. The third-order valence-corrected chi connectivity index (χ3v) is 5.45. The Morgan fingerprint density at radius 1 is 0.833 bits per heavy atom. The monoisotopic (exact) mass is 334 g/mol. The molecule has 1 saturated carbocycles. The summed E-state index contributed by atoms with van der Waals surface area (Å²) in [6, 6.07) is 27.0. The quantitative estimate of drug-likeness (QED) is 0.675. The summed E-state index contributed by atoms with van der Waals surface area (Å²) in [6.07, 6.45) is 0.982. The number of benzene rings is 3. The van der Waals surface area contributed by atoms with Crippen LogP contribution in [0.15, 0.2) is 78.9 Å². The maximum Gasteiger partial charge on any atom is 0.0534 e. The molecule has 2 atom stereocenters. The van der Waals surface area contributed by atoms with Crippen LogP contribution in [0, 0.1) is 0 Å². The Labute approximate surface area is 147 Å². The first kappa shape index (κ1) is 15.4. The lowest BCUT2D eigenvalue weighted by molar-refractivity contribution is 0.251. The molecule has 0 aromatic heterocycles. The summed E-state index contributed by atoms with van der Waals surface area (Å²) in [5.41, 5.74) is 4.76. The van der Waals surface area contributed by atoms with Gasteiger partial charge in [-0.1, -0.05) is 78.3 Å². The average Bonchev–Trinajstić information content (AvgIpc) is 3.39. The van der Waals surface area contributed by atoms with E-state index in [1.165, 1.54) is 22.3 Å². The van der Waals surface area contributed by atoms with E-state index in [9.17, 15) is 5.11 Å². The number of hydrogen-bond donors (Lipinski definition) is 1. The predicted molar refractivity (Wildman–Crippen MR) is 99.5 cm³/mol. The maximum absolute atomic E-state index is 10.0. The molecule has 0 amide bonds. The molecule has 2 heteroatoms. The van der Waals surface area contributed by atoms with Crippen molar-refractivity contribution < 1.29 is 5.11 Å². The Bertz CT molecular complexity index is 824. The highest BCUT2D eigenvalue weighted by molar-refractivity contribution is 6.30. The summed E-state index contributed by atoms with van der Waals surface area (Å²) in [7, 11) is 0. The fourth-order valence-electron chi connectivity index (χ4n) is 3.65. The summed E-state index contributed by atoms with van der Waals surface area (Å²) in [4.78, 5) is 0. The molecule has 1 N–H and O–H groups in total. The smallest absolute Gasteiger partial charge is 0.0534 e. The van der Waals surface area contributed by atoms with E-state index in [0.29, 0.717) is 5.92 Å². The van der Waals surface area contributed by atoms with E-state index in [-0.39, 0.29) is 12.0 Å². The molecule has 1 aliphatic rings. The van der Waals surface area contributed by atoms with Crippen LogP contribution in [0.4, 0.5) is 0 Å². The van der Waals surface area contributed by atoms with Gasteiger partial charge in [0.25, 0.3) is 0 Å². The second-order valence-corrected chi connectivity index (χ2v) is 7.00. The Hall–Kier alpha value is -2.09. The van der Waals surface area contributed by atoms with E-state index in [0.717, 1.165) is 11.4 Å². The summed E-state index contributed by atoms with van der Waals surface area (Å²) >= 11 is 5.99. The Balaban J connectivity index is 1.60. The Morgan fingerprint density at radius 3 is 2.08 bits per heavy atom.